The van der Waals surface area contributed by atoms with Crippen molar-refractivity contribution < 1.29 is 19.4 Å². The number of hydrogen-bond donors (Lipinski definition) is 1. The zero-order valence-corrected chi connectivity index (χ0v) is 10.5. The van der Waals surface area contributed by atoms with E-state index in [2.05, 4.69) is 5.32 Å². The van der Waals surface area contributed by atoms with Crippen molar-refractivity contribution in [2.24, 2.45) is 0 Å². The Balaban J connectivity index is 2.02. The minimum atomic E-state index is 0.563. The molecule has 0 aromatic carbocycles. The van der Waals surface area contributed by atoms with Crippen molar-refractivity contribution in [3.05, 3.63) is 0 Å². The van der Waals surface area contributed by atoms with Crippen LogP contribution in [0.3, 0.4) is 0 Å². The molecule has 1 aliphatic carbocycles. The van der Waals surface area contributed by atoms with Crippen LogP contribution in [0, 0.1) is 0 Å². The summed E-state index contributed by atoms with van der Waals surface area (Å²) >= 11 is 1.66. The van der Waals surface area contributed by atoms with Gasteiger partial charge in [-0.05, 0) is 0 Å². The first kappa shape index (κ1) is 9.09. The predicted octanol–water partition coefficient (Wildman–Crippen LogP) is 2.14. The SMILES string of the molecule is [W]=[C]1CCCC2(CCCCC2)N1. The second-order valence-corrected chi connectivity index (χ2v) is 6.01. The van der Waals surface area contributed by atoms with Gasteiger partial charge in [-0.1, -0.05) is 0 Å². The van der Waals surface area contributed by atoms with E-state index in [1.54, 1.807) is 23.4 Å². The zero-order chi connectivity index (χ0) is 8.44. The van der Waals surface area contributed by atoms with Gasteiger partial charge in [-0.15, -0.1) is 0 Å². The van der Waals surface area contributed by atoms with Gasteiger partial charge in [0.15, 0.2) is 0 Å². The normalized spacial score (nSPS) is 29.2. The Kier molecular flexibility index (Phi) is 2.81. The fraction of sp³-hybridized carbons (Fsp3) is 0.900. The van der Waals surface area contributed by atoms with Gasteiger partial charge in [-0.2, -0.15) is 0 Å². The molecule has 0 aromatic heterocycles. The molecular weight excluding hydrogens is 318 g/mol. The fourth-order valence-electron chi connectivity index (χ4n) is 2.61. The molecule has 1 saturated carbocycles. The molecule has 0 unspecified atom stereocenters. The van der Waals surface area contributed by atoms with Gasteiger partial charge >= 0.3 is 85.6 Å². The molecule has 2 heteroatoms. The van der Waals surface area contributed by atoms with E-state index in [-0.39, 0.29) is 0 Å². The molecule has 1 saturated heterocycles. The molecule has 0 radical (unpaired) electrons. The first-order chi connectivity index (χ1) is 5.81. The maximum atomic E-state index is 3.79. The van der Waals surface area contributed by atoms with E-state index in [0.29, 0.717) is 5.54 Å². The quantitative estimate of drug-likeness (QED) is 0.715. The van der Waals surface area contributed by atoms with E-state index in [0.717, 1.165) is 0 Å². The van der Waals surface area contributed by atoms with Crippen LogP contribution >= 0.6 is 0 Å². The van der Waals surface area contributed by atoms with Crippen molar-refractivity contribution >= 4 is 4.02 Å². The third-order valence-corrected chi connectivity index (χ3v) is 4.37. The molecule has 1 N–H and O–H groups in total. The van der Waals surface area contributed by atoms with Crippen molar-refractivity contribution in [2.75, 3.05) is 0 Å². The molecule has 1 spiro atoms. The van der Waals surface area contributed by atoms with E-state index in [4.69, 9.17) is 0 Å². The molecule has 1 aliphatic heterocycles. The third-order valence-electron chi connectivity index (χ3n) is 3.27. The zero-order valence-electron chi connectivity index (χ0n) is 7.57. The Bertz CT molecular complexity index is 177. The first-order valence-corrected chi connectivity index (χ1v) is 6.59. The molecule has 0 atom stereocenters. The van der Waals surface area contributed by atoms with E-state index in [1.165, 1.54) is 51.4 Å². The van der Waals surface area contributed by atoms with Gasteiger partial charge in [0.1, 0.15) is 0 Å². The first-order valence-electron chi connectivity index (χ1n) is 5.12. The van der Waals surface area contributed by atoms with Gasteiger partial charge in [0.05, 0.1) is 0 Å². The van der Waals surface area contributed by atoms with E-state index >= 15 is 0 Å². The van der Waals surface area contributed by atoms with Crippen LogP contribution in [-0.4, -0.2) is 9.56 Å². The summed E-state index contributed by atoms with van der Waals surface area (Å²) < 4.78 is 1.61. The second-order valence-electron chi connectivity index (χ2n) is 4.24. The number of nitrogens with one attached hydrogen (secondary N) is 1. The molecule has 2 fully saturated rings. The summed E-state index contributed by atoms with van der Waals surface area (Å²) in [6.45, 7) is 0. The molecule has 2 rings (SSSR count). The molecule has 68 valence electrons. The Morgan fingerprint density at radius 3 is 2.33 bits per heavy atom. The van der Waals surface area contributed by atoms with Gasteiger partial charge < -0.3 is 0 Å². The second kappa shape index (κ2) is 3.72. The maximum absolute atomic E-state index is 3.79. The molecule has 1 heterocycles. The summed E-state index contributed by atoms with van der Waals surface area (Å²) in [5, 5.41) is 3.79. The van der Waals surface area contributed by atoms with Crippen LogP contribution in [0.1, 0.15) is 51.4 Å². The van der Waals surface area contributed by atoms with Crippen LogP contribution in [0.15, 0.2) is 0 Å². The van der Waals surface area contributed by atoms with Crippen LogP contribution in [-0.2, 0) is 19.4 Å². The Morgan fingerprint density at radius 2 is 1.67 bits per heavy atom. The van der Waals surface area contributed by atoms with Crippen LogP contribution < -0.4 is 5.32 Å². The molecule has 0 aromatic rings. The van der Waals surface area contributed by atoms with Gasteiger partial charge in [0.2, 0.25) is 0 Å². The van der Waals surface area contributed by atoms with Crippen LogP contribution in [0.2, 0.25) is 0 Å². The van der Waals surface area contributed by atoms with E-state index in [1.807, 2.05) is 0 Å². The Labute approximate surface area is 85.7 Å². The summed E-state index contributed by atoms with van der Waals surface area (Å²) in [7, 11) is 0. The van der Waals surface area contributed by atoms with E-state index < -0.39 is 0 Å². The molecule has 1 nitrogen and oxygen atoms in total. The van der Waals surface area contributed by atoms with Gasteiger partial charge in [-0.3, -0.25) is 0 Å². The summed E-state index contributed by atoms with van der Waals surface area (Å²) in [6.07, 6.45) is 11.5. The average Bonchev–Trinajstić information content (AvgIpc) is 2.05. The van der Waals surface area contributed by atoms with Crippen LogP contribution in [0.25, 0.3) is 0 Å². The number of hydrogen-bond acceptors (Lipinski definition) is 1. The van der Waals surface area contributed by atoms with Crippen molar-refractivity contribution in [3.8, 4) is 0 Å². The van der Waals surface area contributed by atoms with Gasteiger partial charge in [-0.25, -0.2) is 0 Å². The number of rotatable bonds is 0. The summed E-state index contributed by atoms with van der Waals surface area (Å²) in [5.41, 5.74) is 0.563. The molecule has 2 aliphatic rings. The molecule has 0 bridgehead atoms. The van der Waals surface area contributed by atoms with Crippen molar-refractivity contribution in [2.45, 2.75) is 56.9 Å². The topological polar surface area (TPSA) is 12.0 Å². The summed E-state index contributed by atoms with van der Waals surface area (Å²) in [4.78, 5) is 0. The summed E-state index contributed by atoms with van der Waals surface area (Å²) in [6, 6.07) is 0. The molecular formula is C10H17NW. The average molecular weight is 335 g/mol. The standard InChI is InChI=1S/C10H17N.W/c1-2-6-10(7-3-1)8-4-5-9-11-10;/h11H,1-8H2;. The summed E-state index contributed by atoms with van der Waals surface area (Å²) in [5.74, 6) is 0. The van der Waals surface area contributed by atoms with Crippen molar-refractivity contribution in [1.29, 1.82) is 0 Å². The number of piperidine rings is 1. The van der Waals surface area contributed by atoms with Crippen molar-refractivity contribution in [1.82, 2.24) is 5.32 Å². The van der Waals surface area contributed by atoms with E-state index in [9.17, 15) is 0 Å². The Hall–Kier alpha value is 0.518. The molecule has 12 heavy (non-hydrogen) atoms. The van der Waals surface area contributed by atoms with Crippen LogP contribution in [0.4, 0.5) is 0 Å². The monoisotopic (exact) mass is 335 g/mol. The van der Waals surface area contributed by atoms with Gasteiger partial charge in [0, 0.05) is 0 Å². The third kappa shape index (κ3) is 1.88. The Morgan fingerprint density at radius 1 is 1.00 bits per heavy atom. The predicted molar refractivity (Wildman–Crippen MR) is 47.8 cm³/mol. The van der Waals surface area contributed by atoms with Crippen LogP contribution in [0.5, 0.6) is 0 Å². The van der Waals surface area contributed by atoms with Crippen molar-refractivity contribution in [3.63, 3.8) is 0 Å². The minimum absolute atomic E-state index is 0.563. The fourth-order valence-corrected chi connectivity index (χ4v) is 3.91. The molecule has 0 amide bonds. The van der Waals surface area contributed by atoms with Gasteiger partial charge in [0.25, 0.3) is 0 Å².